The van der Waals surface area contributed by atoms with Gasteiger partial charge in [-0.2, -0.15) is 9.78 Å². The minimum Gasteiger partial charge on any atom is -0.306 e. The minimum absolute atomic E-state index is 0.0386. The summed E-state index contributed by atoms with van der Waals surface area (Å²) in [7, 11) is 0. The van der Waals surface area contributed by atoms with Gasteiger partial charge in [-0.3, -0.25) is 14.6 Å². The van der Waals surface area contributed by atoms with Gasteiger partial charge in [0.1, 0.15) is 11.5 Å². The van der Waals surface area contributed by atoms with E-state index in [4.69, 9.17) is 23.2 Å². The van der Waals surface area contributed by atoms with E-state index in [1.807, 2.05) is 31.4 Å². The lowest BCUT2D eigenvalue weighted by Crippen LogP contribution is -2.19. The third-order valence-electron chi connectivity index (χ3n) is 4.44. The third-order valence-corrected chi connectivity index (χ3v) is 5.90. The van der Waals surface area contributed by atoms with Crippen LogP contribution in [0.5, 0.6) is 0 Å². The first kappa shape index (κ1) is 21.3. The Labute approximate surface area is 191 Å². The van der Waals surface area contributed by atoms with E-state index in [2.05, 4.69) is 20.4 Å². The first-order valence-electron chi connectivity index (χ1n) is 9.34. The van der Waals surface area contributed by atoms with Crippen LogP contribution in [-0.4, -0.2) is 25.7 Å². The number of nitrogens with one attached hydrogen (secondary N) is 2. The van der Waals surface area contributed by atoms with Crippen molar-refractivity contribution in [2.45, 2.75) is 19.8 Å². The average molecular weight is 474 g/mol. The van der Waals surface area contributed by atoms with Gasteiger partial charge in [-0.15, -0.1) is 11.3 Å². The topological polar surface area (TPSA) is 92.7 Å². The second-order valence-electron chi connectivity index (χ2n) is 7.03. The zero-order valence-corrected chi connectivity index (χ0v) is 18.8. The molecule has 7 nitrogen and oxygen atoms in total. The Hall–Kier alpha value is -2.94. The molecule has 2 N–H and O–H groups in total. The summed E-state index contributed by atoms with van der Waals surface area (Å²) in [4.78, 5) is 33.2. The zero-order valence-electron chi connectivity index (χ0n) is 16.5. The normalized spacial score (nSPS) is 11.1. The van der Waals surface area contributed by atoms with Crippen LogP contribution in [0.4, 0.5) is 5.82 Å². The van der Waals surface area contributed by atoms with Gasteiger partial charge in [0.05, 0.1) is 21.2 Å². The maximum Gasteiger partial charge on any atom is 0.258 e. The van der Waals surface area contributed by atoms with Crippen LogP contribution in [-0.2, 0) is 0 Å². The molecular formula is C21H17Cl2N5O2S. The van der Waals surface area contributed by atoms with E-state index in [0.717, 1.165) is 4.88 Å². The Morgan fingerprint density at radius 1 is 1.19 bits per heavy atom. The highest BCUT2D eigenvalue weighted by atomic mass is 35.5. The Bertz CT molecular complexity index is 1310. The van der Waals surface area contributed by atoms with E-state index in [1.165, 1.54) is 28.2 Å². The molecule has 0 atom stereocenters. The first-order valence-corrected chi connectivity index (χ1v) is 11.0. The number of nitrogens with zero attached hydrogens (tertiary/aromatic N) is 3. The number of halogens is 2. The quantitative estimate of drug-likeness (QED) is 0.407. The lowest BCUT2D eigenvalue weighted by atomic mass is 10.1. The van der Waals surface area contributed by atoms with Crippen molar-refractivity contribution in [3.05, 3.63) is 79.5 Å². The van der Waals surface area contributed by atoms with Crippen LogP contribution < -0.4 is 10.9 Å². The summed E-state index contributed by atoms with van der Waals surface area (Å²) >= 11 is 13.7. The lowest BCUT2D eigenvalue weighted by molar-refractivity contribution is 0.102. The minimum atomic E-state index is -0.464. The average Bonchev–Trinajstić information content (AvgIpc) is 3.39. The van der Waals surface area contributed by atoms with Gasteiger partial charge in [-0.25, -0.2) is 4.98 Å². The summed E-state index contributed by atoms with van der Waals surface area (Å²) in [5.41, 5.74) is 1.15. The van der Waals surface area contributed by atoms with Crippen molar-refractivity contribution in [1.29, 1.82) is 0 Å². The van der Waals surface area contributed by atoms with E-state index < -0.39 is 5.91 Å². The molecule has 10 heteroatoms. The highest BCUT2D eigenvalue weighted by molar-refractivity contribution is 7.13. The molecule has 0 saturated heterocycles. The summed E-state index contributed by atoms with van der Waals surface area (Å²) < 4.78 is 1.40. The molecule has 0 fully saturated rings. The largest absolute Gasteiger partial charge is 0.306 e. The van der Waals surface area contributed by atoms with Gasteiger partial charge in [0.25, 0.3) is 11.5 Å². The number of hydrogen-bond acceptors (Lipinski definition) is 5. The lowest BCUT2D eigenvalue weighted by Gasteiger charge is -2.11. The highest BCUT2D eigenvalue weighted by Gasteiger charge is 2.19. The molecule has 0 spiro atoms. The van der Waals surface area contributed by atoms with Crippen LogP contribution in [0.3, 0.4) is 0 Å². The van der Waals surface area contributed by atoms with E-state index in [-0.39, 0.29) is 28.0 Å². The predicted octanol–water partition coefficient (Wildman–Crippen LogP) is 5.37. The molecule has 4 rings (SSSR count). The van der Waals surface area contributed by atoms with Crippen molar-refractivity contribution < 1.29 is 4.79 Å². The van der Waals surface area contributed by atoms with Crippen molar-refractivity contribution >= 4 is 46.3 Å². The second-order valence-corrected chi connectivity index (χ2v) is 8.82. The van der Waals surface area contributed by atoms with Crippen LogP contribution in [0.15, 0.2) is 52.6 Å². The molecular weight excluding hydrogens is 457 g/mol. The number of H-pyrrole nitrogens is 1. The number of benzene rings is 1. The maximum absolute atomic E-state index is 12.9. The van der Waals surface area contributed by atoms with Crippen molar-refractivity contribution in [2.24, 2.45) is 0 Å². The Kier molecular flexibility index (Phi) is 5.95. The fraction of sp³-hybridized carbons (Fsp3) is 0.143. The number of amides is 1. The van der Waals surface area contributed by atoms with Gasteiger partial charge in [-0.1, -0.05) is 43.1 Å². The van der Waals surface area contributed by atoms with Crippen LogP contribution >= 0.6 is 34.5 Å². The van der Waals surface area contributed by atoms with Crippen LogP contribution in [0.2, 0.25) is 10.0 Å². The monoisotopic (exact) mass is 473 g/mol. The summed E-state index contributed by atoms with van der Waals surface area (Å²) in [6.45, 7) is 3.88. The Morgan fingerprint density at radius 3 is 2.71 bits per heavy atom. The number of aromatic nitrogens is 4. The Morgan fingerprint density at radius 2 is 2.00 bits per heavy atom. The first-order chi connectivity index (χ1) is 14.8. The number of anilines is 1. The molecule has 0 radical (unpaired) electrons. The summed E-state index contributed by atoms with van der Waals surface area (Å²) in [5.74, 6) is 0.102. The van der Waals surface area contributed by atoms with E-state index >= 15 is 0 Å². The summed E-state index contributed by atoms with van der Waals surface area (Å²) in [6.07, 6.45) is 0. The van der Waals surface area contributed by atoms with Crippen LogP contribution in [0, 0.1) is 0 Å². The number of carbonyl (C=O) groups is 1. The van der Waals surface area contributed by atoms with E-state index in [9.17, 15) is 9.59 Å². The second kappa shape index (κ2) is 8.66. The molecule has 0 aliphatic heterocycles. The fourth-order valence-electron chi connectivity index (χ4n) is 2.89. The third kappa shape index (κ3) is 4.56. The van der Waals surface area contributed by atoms with Gasteiger partial charge < -0.3 is 5.32 Å². The molecule has 31 heavy (non-hydrogen) atoms. The summed E-state index contributed by atoms with van der Waals surface area (Å²) in [5, 5.41) is 9.96. The van der Waals surface area contributed by atoms with E-state index in [1.54, 1.807) is 18.2 Å². The molecule has 0 unspecified atom stereocenters. The molecule has 4 aromatic rings. The van der Waals surface area contributed by atoms with Gasteiger partial charge in [0, 0.05) is 17.2 Å². The molecule has 158 valence electrons. The molecule has 0 bridgehead atoms. The van der Waals surface area contributed by atoms with Crippen LogP contribution in [0.25, 0.3) is 16.5 Å². The zero-order chi connectivity index (χ0) is 22.1. The highest BCUT2D eigenvalue weighted by Crippen LogP contribution is 2.28. The molecule has 1 aromatic carbocycles. The number of thiophene rings is 1. The fourth-order valence-corrected chi connectivity index (χ4v) is 3.95. The number of hydrogen-bond donors (Lipinski definition) is 2. The van der Waals surface area contributed by atoms with Gasteiger partial charge in [0.15, 0.2) is 0 Å². The molecule has 1 amide bonds. The van der Waals surface area contributed by atoms with Crippen molar-refractivity contribution in [2.75, 3.05) is 5.32 Å². The number of aromatic amines is 1. The molecule has 0 aliphatic carbocycles. The van der Waals surface area contributed by atoms with Gasteiger partial charge >= 0.3 is 0 Å². The SMILES string of the molecule is CC(C)c1cc(=O)[nH]c(-n2nc(-c3cccs3)cc2NC(=O)c2cc(Cl)ccc2Cl)n1. The van der Waals surface area contributed by atoms with Crippen molar-refractivity contribution in [1.82, 2.24) is 19.7 Å². The molecule has 0 saturated carbocycles. The molecule has 0 aliphatic rings. The van der Waals surface area contributed by atoms with Crippen LogP contribution in [0.1, 0.15) is 35.8 Å². The predicted molar refractivity (Wildman–Crippen MR) is 124 cm³/mol. The number of rotatable bonds is 5. The Balaban J connectivity index is 1.81. The van der Waals surface area contributed by atoms with Gasteiger partial charge in [-0.05, 0) is 35.6 Å². The molecule has 3 aromatic heterocycles. The standard InChI is InChI=1S/C21H17Cl2N5O2S/c1-11(2)15-10-19(29)26-21(24-15)28-18(9-16(27-28)17-4-3-7-31-17)25-20(30)13-8-12(22)5-6-14(13)23/h3-11H,1-2H3,(H,25,30)(H,24,26,29). The van der Waals surface area contributed by atoms with E-state index in [0.29, 0.717) is 22.2 Å². The maximum atomic E-state index is 12.9. The number of carbonyl (C=O) groups excluding carboxylic acids is 1. The van der Waals surface area contributed by atoms with Crippen molar-refractivity contribution in [3.63, 3.8) is 0 Å². The van der Waals surface area contributed by atoms with Crippen molar-refractivity contribution in [3.8, 4) is 16.5 Å². The summed E-state index contributed by atoms with van der Waals surface area (Å²) in [6, 6.07) is 11.6. The van der Waals surface area contributed by atoms with Gasteiger partial charge in [0.2, 0.25) is 5.95 Å². The molecule has 3 heterocycles. The smallest absolute Gasteiger partial charge is 0.258 e.